The lowest BCUT2D eigenvalue weighted by molar-refractivity contribution is -0.453. The maximum atomic E-state index is 9.40. The van der Waals surface area contributed by atoms with E-state index in [1.165, 1.54) is 26.4 Å². The van der Waals surface area contributed by atoms with Crippen LogP contribution in [0, 0.1) is 0 Å². The molecule has 6 heteroatoms. The zero-order valence-corrected chi connectivity index (χ0v) is 8.26. The van der Waals surface area contributed by atoms with Crippen LogP contribution in [0.25, 0.3) is 0 Å². The Kier molecular flexibility index (Phi) is 3.25. The van der Waals surface area contributed by atoms with Gasteiger partial charge in [-0.05, 0) is 19.1 Å². The Labute approximate surface area is 81.6 Å². The molecule has 82 valence electrons. The first-order chi connectivity index (χ1) is 6.52. The Balaban J connectivity index is 2.83. The zero-order valence-electron chi connectivity index (χ0n) is 8.26. The topological polar surface area (TPSA) is 77.4 Å². The number of aliphatic hydroxyl groups is 1. The third-order valence-electron chi connectivity index (χ3n) is 2.10. The molecule has 0 amide bonds. The van der Waals surface area contributed by atoms with Crippen molar-refractivity contribution in [2.45, 2.75) is 24.8 Å². The number of hydrogen-bond acceptors (Lipinski definition) is 6. The molecule has 1 aliphatic rings. The second-order valence-corrected chi connectivity index (χ2v) is 3.06. The van der Waals surface area contributed by atoms with E-state index in [-0.39, 0.29) is 0 Å². The molecule has 1 rings (SSSR count). The first-order valence-electron chi connectivity index (χ1n) is 4.01. The van der Waals surface area contributed by atoms with E-state index in [2.05, 4.69) is 9.62 Å². The fourth-order valence-corrected chi connectivity index (χ4v) is 1.15. The van der Waals surface area contributed by atoms with E-state index in [0.717, 1.165) is 0 Å². The van der Waals surface area contributed by atoms with Crippen LogP contribution in [0.5, 0.6) is 0 Å². The highest BCUT2D eigenvalue weighted by atomic mass is 17.2. The maximum Gasteiger partial charge on any atom is 0.274 e. The Morgan fingerprint density at radius 3 is 2.36 bits per heavy atom. The minimum absolute atomic E-state index is 1.05. The number of methoxy groups -OCH3 is 2. The molecule has 0 saturated carbocycles. The number of ether oxygens (including phenoxy) is 3. The highest BCUT2D eigenvalue weighted by Gasteiger charge is 2.50. The number of rotatable bonds is 4. The second-order valence-electron chi connectivity index (χ2n) is 3.06. The van der Waals surface area contributed by atoms with Crippen molar-refractivity contribution in [2.75, 3.05) is 14.2 Å². The van der Waals surface area contributed by atoms with Gasteiger partial charge in [-0.15, -0.1) is 0 Å². The van der Waals surface area contributed by atoms with Crippen molar-refractivity contribution < 1.29 is 29.5 Å². The van der Waals surface area contributed by atoms with Crippen molar-refractivity contribution in [2.24, 2.45) is 0 Å². The molecule has 0 aromatic rings. The molecule has 0 aromatic heterocycles. The SMILES string of the molecule is CO[C@H](O)[C@]1(OO)C=C[C@](C)(OC)O1. The van der Waals surface area contributed by atoms with Gasteiger partial charge in [0, 0.05) is 14.2 Å². The van der Waals surface area contributed by atoms with Crippen LogP contribution in [-0.4, -0.2) is 42.4 Å². The molecule has 0 fully saturated rings. The predicted molar refractivity (Wildman–Crippen MR) is 45.1 cm³/mol. The van der Waals surface area contributed by atoms with Gasteiger partial charge in [-0.1, -0.05) is 0 Å². The molecule has 1 heterocycles. The van der Waals surface area contributed by atoms with Gasteiger partial charge < -0.3 is 19.3 Å². The van der Waals surface area contributed by atoms with Crippen LogP contribution >= 0.6 is 0 Å². The lowest BCUT2D eigenvalue weighted by atomic mass is 10.2. The van der Waals surface area contributed by atoms with Gasteiger partial charge in [0.1, 0.15) is 0 Å². The lowest BCUT2D eigenvalue weighted by Crippen LogP contribution is -2.47. The predicted octanol–water partition coefficient (Wildman–Crippen LogP) is 0.0861. The van der Waals surface area contributed by atoms with Crippen LogP contribution in [0.4, 0.5) is 0 Å². The van der Waals surface area contributed by atoms with Crippen molar-refractivity contribution >= 4 is 0 Å². The minimum atomic E-state index is -1.74. The van der Waals surface area contributed by atoms with E-state index in [4.69, 9.17) is 14.7 Å². The summed E-state index contributed by atoms with van der Waals surface area (Å²) < 4.78 is 14.8. The summed E-state index contributed by atoms with van der Waals surface area (Å²) in [6, 6.07) is 0. The van der Waals surface area contributed by atoms with Crippen molar-refractivity contribution in [3.8, 4) is 0 Å². The van der Waals surface area contributed by atoms with Crippen molar-refractivity contribution in [3.63, 3.8) is 0 Å². The average Bonchev–Trinajstić information content (AvgIpc) is 2.57. The van der Waals surface area contributed by atoms with Gasteiger partial charge in [0.05, 0.1) is 0 Å². The van der Waals surface area contributed by atoms with Crippen molar-refractivity contribution in [1.82, 2.24) is 0 Å². The fraction of sp³-hybridized carbons (Fsp3) is 0.750. The monoisotopic (exact) mass is 206 g/mol. The van der Waals surface area contributed by atoms with E-state index in [9.17, 15) is 5.11 Å². The molecular weight excluding hydrogens is 192 g/mol. The van der Waals surface area contributed by atoms with Crippen LogP contribution in [-0.2, 0) is 19.1 Å². The first-order valence-corrected chi connectivity index (χ1v) is 4.01. The van der Waals surface area contributed by atoms with Gasteiger partial charge in [0.15, 0.2) is 5.79 Å². The average molecular weight is 206 g/mol. The first kappa shape index (κ1) is 11.6. The summed E-state index contributed by atoms with van der Waals surface area (Å²) in [6.07, 6.45) is 1.39. The number of aliphatic hydroxyl groups excluding tert-OH is 1. The number of hydrogen-bond donors (Lipinski definition) is 2. The third kappa shape index (κ3) is 1.81. The van der Waals surface area contributed by atoms with Crippen molar-refractivity contribution in [3.05, 3.63) is 12.2 Å². The summed E-state index contributed by atoms with van der Waals surface area (Å²) in [6.45, 7) is 1.60. The molecule has 0 unspecified atom stereocenters. The van der Waals surface area contributed by atoms with E-state index in [0.29, 0.717) is 0 Å². The van der Waals surface area contributed by atoms with E-state index < -0.39 is 17.9 Å². The van der Waals surface area contributed by atoms with Crippen LogP contribution in [0.2, 0.25) is 0 Å². The van der Waals surface area contributed by atoms with Crippen LogP contribution in [0.15, 0.2) is 12.2 Å². The summed E-state index contributed by atoms with van der Waals surface area (Å²) in [5.74, 6) is -2.79. The van der Waals surface area contributed by atoms with Crippen molar-refractivity contribution in [1.29, 1.82) is 0 Å². The largest absolute Gasteiger partial charge is 0.363 e. The van der Waals surface area contributed by atoms with Crippen LogP contribution in [0.3, 0.4) is 0 Å². The standard InChI is InChI=1S/C8H14O6/c1-7(12-3)4-5-8(13-7,14-10)6(9)11-2/h4-6,9-10H,1-3H3/t6-,7+,8+/m0/s1. The molecule has 0 aliphatic carbocycles. The Morgan fingerprint density at radius 2 is 2.00 bits per heavy atom. The second kappa shape index (κ2) is 3.93. The van der Waals surface area contributed by atoms with Gasteiger partial charge in [0.25, 0.3) is 5.79 Å². The molecule has 0 saturated heterocycles. The summed E-state index contributed by atoms with van der Waals surface area (Å²) in [5.41, 5.74) is 0. The van der Waals surface area contributed by atoms with Gasteiger partial charge in [0.2, 0.25) is 6.29 Å². The Morgan fingerprint density at radius 1 is 1.36 bits per heavy atom. The highest BCUT2D eigenvalue weighted by molar-refractivity contribution is 5.11. The molecule has 14 heavy (non-hydrogen) atoms. The molecule has 2 N–H and O–H groups in total. The molecule has 0 aromatic carbocycles. The molecule has 1 aliphatic heterocycles. The molecule has 3 atom stereocenters. The van der Waals surface area contributed by atoms with E-state index in [1.54, 1.807) is 6.92 Å². The van der Waals surface area contributed by atoms with E-state index in [1.807, 2.05) is 0 Å². The molecule has 0 spiro atoms. The highest BCUT2D eigenvalue weighted by Crippen LogP contribution is 2.34. The summed E-state index contributed by atoms with van der Waals surface area (Å²) in [5, 5.41) is 18.1. The van der Waals surface area contributed by atoms with E-state index >= 15 is 0 Å². The summed E-state index contributed by atoms with van der Waals surface area (Å²) in [4.78, 5) is 4.08. The summed E-state index contributed by atoms with van der Waals surface area (Å²) in [7, 11) is 2.68. The molecule has 6 nitrogen and oxygen atoms in total. The molecular formula is C8H14O6. The lowest BCUT2D eigenvalue weighted by Gasteiger charge is -2.31. The summed E-state index contributed by atoms with van der Waals surface area (Å²) >= 11 is 0. The van der Waals surface area contributed by atoms with Gasteiger partial charge in [-0.25, -0.2) is 5.26 Å². The normalized spacial score (nSPS) is 38.9. The quantitative estimate of drug-likeness (QED) is 0.294. The molecule has 0 radical (unpaired) electrons. The third-order valence-corrected chi connectivity index (χ3v) is 2.10. The van der Waals surface area contributed by atoms with Gasteiger partial charge in [-0.3, -0.25) is 0 Å². The van der Waals surface area contributed by atoms with Gasteiger partial charge >= 0.3 is 0 Å². The Hall–Kier alpha value is -0.500. The van der Waals surface area contributed by atoms with Crippen LogP contribution < -0.4 is 0 Å². The smallest absolute Gasteiger partial charge is 0.274 e. The minimum Gasteiger partial charge on any atom is -0.363 e. The maximum absolute atomic E-state index is 9.40. The zero-order chi connectivity index (χ0) is 10.8. The van der Waals surface area contributed by atoms with Crippen LogP contribution in [0.1, 0.15) is 6.92 Å². The molecule has 0 bridgehead atoms. The Bertz CT molecular complexity index is 230. The van der Waals surface area contributed by atoms with Gasteiger partial charge in [-0.2, -0.15) is 4.89 Å². The fourth-order valence-electron chi connectivity index (χ4n) is 1.15.